The number of carbonyl (C=O) groups excluding carboxylic acids is 2. The van der Waals surface area contributed by atoms with Gasteiger partial charge in [-0.3, -0.25) is 4.79 Å². The molecule has 1 saturated carbocycles. The summed E-state index contributed by atoms with van der Waals surface area (Å²) in [7, 11) is 0. The lowest BCUT2D eigenvalue weighted by atomic mass is 9.86. The third-order valence-electron chi connectivity index (χ3n) is 4.13. The second-order valence-electron chi connectivity index (χ2n) is 5.93. The summed E-state index contributed by atoms with van der Waals surface area (Å²) in [4.78, 5) is 23.6. The lowest BCUT2D eigenvalue weighted by Crippen LogP contribution is -2.42. The summed E-state index contributed by atoms with van der Waals surface area (Å²) in [6.45, 7) is 2.53. The van der Waals surface area contributed by atoms with Gasteiger partial charge >= 0.3 is 6.03 Å². The minimum atomic E-state index is -0.287. The maximum Gasteiger partial charge on any atom is 0.319 e. The van der Waals surface area contributed by atoms with Crippen LogP contribution in [0.15, 0.2) is 30.3 Å². The van der Waals surface area contributed by atoms with Crippen molar-refractivity contribution >= 4 is 17.6 Å². The highest BCUT2D eigenvalue weighted by Crippen LogP contribution is 2.23. The van der Waals surface area contributed by atoms with Gasteiger partial charge in [0.05, 0.1) is 0 Å². The molecule has 0 aliphatic heterocycles. The molecule has 0 bridgehead atoms. The Morgan fingerprint density at radius 2 is 1.86 bits per heavy atom. The third-order valence-corrected chi connectivity index (χ3v) is 4.13. The largest absolute Gasteiger partial charge is 0.353 e. The molecule has 1 fully saturated rings. The van der Waals surface area contributed by atoms with Crippen LogP contribution in [-0.4, -0.2) is 24.5 Å². The van der Waals surface area contributed by atoms with Crippen molar-refractivity contribution in [2.45, 2.75) is 45.1 Å². The van der Waals surface area contributed by atoms with E-state index >= 15 is 0 Å². The zero-order valence-electron chi connectivity index (χ0n) is 13.1. The number of anilines is 1. The van der Waals surface area contributed by atoms with E-state index in [1.807, 2.05) is 30.3 Å². The van der Waals surface area contributed by atoms with E-state index < -0.39 is 0 Å². The maximum atomic E-state index is 11.9. The molecule has 2 atom stereocenters. The van der Waals surface area contributed by atoms with Crippen LogP contribution < -0.4 is 16.0 Å². The summed E-state index contributed by atoms with van der Waals surface area (Å²) in [6.07, 6.45) is 5.00. The van der Waals surface area contributed by atoms with Crippen LogP contribution >= 0.6 is 0 Å². The molecule has 0 saturated heterocycles. The van der Waals surface area contributed by atoms with Gasteiger partial charge in [0.2, 0.25) is 5.91 Å². The molecule has 1 aromatic carbocycles. The van der Waals surface area contributed by atoms with Gasteiger partial charge in [-0.05, 0) is 30.9 Å². The molecule has 2 rings (SSSR count). The molecule has 120 valence electrons. The van der Waals surface area contributed by atoms with Crippen LogP contribution in [0.5, 0.6) is 0 Å². The molecule has 0 spiro atoms. The van der Waals surface area contributed by atoms with Crippen molar-refractivity contribution in [3.05, 3.63) is 30.3 Å². The van der Waals surface area contributed by atoms with E-state index in [1.165, 1.54) is 19.3 Å². The predicted molar refractivity (Wildman–Crippen MR) is 87.6 cm³/mol. The number of para-hydroxylation sites is 1. The molecule has 5 nitrogen and oxygen atoms in total. The fourth-order valence-electron chi connectivity index (χ4n) is 2.80. The Labute approximate surface area is 131 Å². The number of hydrogen-bond donors (Lipinski definition) is 3. The molecular weight excluding hydrogens is 278 g/mol. The summed E-state index contributed by atoms with van der Waals surface area (Å²) in [5.74, 6) is 0.561. The molecule has 3 amide bonds. The smallest absolute Gasteiger partial charge is 0.319 e. The van der Waals surface area contributed by atoms with E-state index in [1.54, 1.807) is 0 Å². The number of urea groups is 1. The number of carbonyl (C=O) groups is 2. The zero-order chi connectivity index (χ0) is 15.8. The molecular formula is C17H25N3O2. The molecule has 0 aromatic heterocycles. The highest BCUT2D eigenvalue weighted by atomic mass is 16.2. The van der Waals surface area contributed by atoms with Gasteiger partial charge in [0.15, 0.2) is 0 Å². The van der Waals surface area contributed by atoms with E-state index in [-0.39, 0.29) is 11.9 Å². The highest BCUT2D eigenvalue weighted by molar-refractivity contribution is 5.89. The van der Waals surface area contributed by atoms with E-state index in [9.17, 15) is 9.59 Å². The SMILES string of the molecule is C[C@H]1CCCC[C@@H]1NC(=O)CCNC(=O)Nc1ccccc1. The molecule has 22 heavy (non-hydrogen) atoms. The third kappa shape index (κ3) is 5.39. The summed E-state index contributed by atoms with van der Waals surface area (Å²) in [6, 6.07) is 9.24. The molecule has 1 aliphatic carbocycles. The summed E-state index contributed by atoms with van der Waals surface area (Å²) in [5, 5.41) is 8.50. The van der Waals surface area contributed by atoms with Gasteiger partial charge in [0, 0.05) is 24.7 Å². The zero-order valence-corrected chi connectivity index (χ0v) is 13.1. The fourth-order valence-corrected chi connectivity index (χ4v) is 2.80. The second-order valence-corrected chi connectivity index (χ2v) is 5.93. The Morgan fingerprint density at radius 3 is 2.59 bits per heavy atom. The predicted octanol–water partition coefficient (Wildman–Crippen LogP) is 2.89. The first kappa shape index (κ1) is 16.3. The average molecular weight is 303 g/mol. The molecule has 0 unspecified atom stereocenters. The van der Waals surface area contributed by atoms with Crippen molar-refractivity contribution in [3.8, 4) is 0 Å². The quantitative estimate of drug-likeness (QED) is 0.783. The van der Waals surface area contributed by atoms with Crippen molar-refractivity contribution in [2.75, 3.05) is 11.9 Å². The Morgan fingerprint density at radius 1 is 1.14 bits per heavy atom. The highest BCUT2D eigenvalue weighted by Gasteiger charge is 2.22. The minimum Gasteiger partial charge on any atom is -0.353 e. The molecule has 1 aromatic rings. The summed E-state index contributed by atoms with van der Waals surface area (Å²) < 4.78 is 0. The van der Waals surface area contributed by atoms with Crippen LogP contribution in [0.3, 0.4) is 0 Å². The first-order valence-corrected chi connectivity index (χ1v) is 8.04. The number of nitrogens with one attached hydrogen (secondary N) is 3. The molecule has 5 heteroatoms. The van der Waals surface area contributed by atoms with Crippen molar-refractivity contribution in [1.82, 2.24) is 10.6 Å². The van der Waals surface area contributed by atoms with E-state index in [2.05, 4.69) is 22.9 Å². The molecule has 3 N–H and O–H groups in total. The van der Waals surface area contributed by atoms with Crippen LogP contribution in [0, 0.1) is 5.92 Å². The van der Waals surface area contributed by atoms with Gasteiger partial charge in [-0.25, -0.2) is 4.79 Å². The van der Waals surface area contributed by atoms with Crippen LogP contribution in [0.25, 0.3) is 0 Å². The monoisotopic (exact) mass is 303 g/mol. The Hall–Kier alpha value is -2.04. The average Bonchev–Trinajstić information content (AvgIpc) is 2.50. The number of rotatable bonds is 5. The summed E-state index contributed by atoms with van der Waals surface area (Å²) >= 11 is 0. The van der Waals surface area contributed by atoms with E-state index in [4.69, 9.17) is 0 Å². The number of benzene rings is 1. The Balaban J connectivity index is 1.63. The molecule has 0 radical (unpaired) electrons. The molecule has 0 heterocycles. The van der Waals surface area contributed by atoms with Gasteiger partial charge in [0.25, 0.3) is 0 Å². The maximum absolute atomic E-state index is 11.9. The topological polar surface area (TPSA) is 70.2 Å². The minimum absolute atomic E-state index is 0.0127. The van der Waals surface area contributed by atoms with Crippen molar-refractivity contribution in [2.24, 2.45) is 5.92 Å². The van der Waals surface area contributed by atoms with Gasteiger partial charge in [-0.2, -0.15) is 0 Å². The van der Waals surface area contributed by atoms with Crippen LogP contribution in [0.4, 0.5) is 10.5 Å². The van der Waals surface area contributed by atoms with Crippen molar-refractivity contribution in [3.63, 3.8) is 0 Å². The Bertz CT molecular complexity index is 490. The van der Waals surface area contributed by atoms with E-state index in [0.717, 1.165) is 12.1 Å². The normalized spacial score (nSPS) is 21.0. The lowest BCUT2D eigenvalue weighted by Gasteiger charge is -2.29. The number of hydrogen-bond acceptors (Lipinski definition) is 2. The first-order chi connectivity index (χ1) is 10.6. The van der Waals surface area contributed by atoms with Crippen LogP contribution in [0.2, 0.25) is 0 Å². The fraction of sp³-hybridized carbons (Fsp3) is 0.529. The van der Waals surface area contributed by atoms with Crippen LogP contribution in [-0.2, 0) is 4.79 Å². The number of amides is 3. The van der Waals surface area contributed by atoms with E-state index in [0.29, 0.717) is 24.9 Å². The van der Waals surface area contributed by atoms with Crippen molar-refractivity contribution < 1.29 is 9.59 Å². The standard InChI is InChI=1S/C17H25N3O2/c1-13-7-5-6-10-15(13)20-16(21)11-12-18-17(22)19-14-8-3-2-4-9-14/h2-4,8-9,13,15H,5-7,10-12H2,1H3,(H,20,21)(H2,18,19,22)/t13-,15-/m0/s1. The Kier molecular flexibility index (Phi) is 6.25. The lowest BCUT2D eigenvalue weighted by molar-refractivity contribution is -0.122. The van der Waals surface area contributed by atoms with Crippen LogP contribution in [0.1, 0.15) is 39.0 Å². The second kappa shape index (κ2) is 8.41. The van der Waals surface area contributed by atoms with Gasteiger partial charge in [-0.1, -0.05) is 38.0 Å². The molecule has 1 aliphatic rings. The van der Waals surface area contributed by atoms with Crippen molar-refractivity contribution in [1.29, 1.82) is 0 Å². The van der Waals surface area contributed by atoms with Gasteiger partial charge in [0.1, 0.15) is 0 Å². The van der Waals surface area contributed by atoms with Gasteiger partial charge in [-0.15, -0.1) is 0 Å². The van der Waals surface area contributed by atoms with Gasteiger partial charge < -0.3 is 16.0 Å². The summed E-state index contributed by atoms with van der Waals surface area (Å²) in [5.41, 5.74) is 0.737. The first-order valence-electron chi connectivity index (χ1n) is 8.04.